The minimum Gasteiger partial charge on any atom is -0.507 e. The monoisotopic (exact) mass is 515 g/mol. The van der Waals surface area contributed by atoms with Crippen LogP contribution >= 0.6 is 11.3 Å². The third kappa shape index (κ3) is 4.11. The number of non-ortho nitro benzene ring substituents is 1. The van der Waals surface area contributed by atoms with E-state index in [9.17, 15) is 24.8 Å². The number of fused-ring (bicyclic) bond motifs is 1. The number of nitrogens with zero attached hydrogens (tertiary/aromatic N) is 3. The van der Waals surface area contributed by atoms with E-state index < -0.39 is 22.7 Å². The SMILES string of the molecule is COc1cccc(/C(O)=C2\C(=O)C(=O)N(c3nc4c(C)cc(C)cc4s3)[C@@H]2c2ccc([N+](=O)[O-])cc2)c1. The Bertz CT molecular complexity index is 1620. The second kappa shape index (κ2) is 9.14. The van der Waals surface area contributed by atoms with Crippen molar-refractivity contribution >= 4 is 49.8 Å². The number of thiazole rings is 1. The number of methoxy groups -OCH3 is 1. The molecule has 1 aliphatic rings. The van der Waals surface area contributed by atoms with Gasteiger partial charge in [0.25, 0.3) is 11.5 Å². The number of nitro groups is 1. The number of hydrogen-bond acceptors (Lipinski definition) is 8. The van der Waals surface area contributed by atoms with Crippen molar-refractivity contribution in [2.45, 2.75) is 19.9 Å². The molecule has 0 saturated carbocycles. The summed E-state index contributed by atoms with van der Waals surface area (Å²) in [6, 6.07) is 14.9. The molecule has 0 radical (unpaired) electrons. The molecule has 1 saturated heterocycles. The molecule has 37 heavy (non-hydrogen) atoms. The number of rotatable bonds is 5. The summed E-state index contributed by atoms with van der Waals surface area (Å²) in [6.07, 6.45) is 0. The minimum absolute atomic E-state index is 0.139. The smallest absolute Gasteiger partial charge is 0.301 e. The van der Waals surface area contributed by atoms with E-state index >= 15 is 0 Å². The van der Waals surface area contributed by atoms with E-state index in [1.54, 1.807) is 24.3 Å². The van der Waals surface area contributed by atoms with Crippen LogP contribution in [0.3, 0.4) is 0 Å². The zero-order valence-electron chi connectivity index (χ0n) is 20.1. The Balaban J connectivity index is 1.74. The average Bonchev–Trinajstić information content (AvgIpc) is 3.42. The maximum absolute atomic E-state index is 13.4. The van der Waals surface area contributed by atoms with Gasteiger partial charge in [-0.15, -0.1) is 0 Å². The molecule has 1 amide bonds. The fourth-order valence-corrected chi connectivity index (χ4v) is 5.68. The fourth-order valence-electron chi connectivity index (χ4n) is 4.51. The van der Waals surface area contributed by atoms with E-state index in [1.807, 2.05) is 26.0 Å². The number of Topliss-reactive ketones (excluding diaryl/α,β-unsaturated/α-hetero) is 1. The van der Waals surface area contributed by atoms with Crippen LogP contribution in [0.2, 0.25) is 0 Å². The number of aliphatic hydroxyl groups excluding tert-OH is 1. The number of ether oxygens (including phenoxy) is 1. The van der Waals surface area contributed by atoms with Crippen LogP contribution in [0.4, 0.5) is 10.8 Å². The highest BCUT2D eigenvalue weighted by Gasteiger charge is 2.48. The molecule has 3 aromatic carbocycles. The first-order valence-corrected chi connectivity index (χ1v) is 12.1. The molecular formula is C27H21N3O6S. The standard InChI is InChI=1S/C27H21N3O6S/c1-14-11-15(2)22-20(12-14)37-27(28-22)29-23(16-7-9-18(10-8-16)30(34)35)21(25(32)26(29)33)24(31)17-5-4-6-19(13-17)36-3/h4-13,23,31H,1-3H3/b24-21+/t23-/m1/s1. The van der Waals surface area contributed by atoms with Crippen molar-refractivity contribution in [1.29, 1.82) is 0 Å². The molecule has 2 heterocycles. The zero-order chi connectivity index (χ0) is 26.4. The number of nitro benzene ring substituents is 1. The first-order chi connectivity index (χ1) is 17.7. The zero-order valence-corrected chi connectivity index (χ0v) is 20.9. The molecule has 1 N–H and O–H groups in total. The van der Waals surface area contributed by atoms with Gasteiger partial charge in [0.15, 0.2) is 5.13 Å². The average molecular weight is 516 g/mol. The number of hydrogen-bond donors (Lipinski definition) is 1. The second-order valence-corrected chi connectivity index (χ2v) is 9.68. The predicted molar refractivity (Wildman–Crippen MR) is 140 cm³/mol. The third-order valence-electron chi connectivity index (χ3n) is 6.23. The molecule has 4 aromatic rings. The van der Waals surface area contributed by atoms with E-state index in [2.05, 4.69) is 4.98 Å². The molecule has 1 aliphatic heterocycles. The largest absolute Gasteiger partial charge is 0.507 e. The van der Waals surface area contributed by atoms with Crippen LogP contribution in [0.15, 0.2) is 66.2 Å². The lowest BCUT2D eigenvalue weighted by atomic mass is 9.95. The third-order valence-corrected chi connectivity index (χ3v) is 7.23. The molecule has 1 atom stereocenters. The van der Waals surface area contributed by atoms with Gasteiger partial charge in [0, 0.05) is 17.7 Å². The summed E-state index contributed by atoms with van der Waals surface area (Å²) >= 11 is 1.26. The Labute approximate surface area is 215 Å². The van der Waals surface area contributed by atoms with Gasteiger partial charge in [0.2, 0.25) is 0 Å². The molecule has 0 unspecified atom stereocenters. The molecule has 0 aliphatic carbocycles. The minimum atomic E-state index is -1.05. The van der Waals surface area contributed by atoms with Crippen molar-refractivity contribution in [2.75, 3.05) is 12.0 Å². The van der Waals surface area contributed by atoms with Gasteiger partial charge >= 0.3 is 5.91 Å². The Morgan fingerprint density at radius 3 is 2.51 bits per heavy atom. The lowest BCUT2D eigenvalue weighted by Gasteiger charge is -2.23. The first-order valence-electron chi connectivity index (χ1n) is 11.3. The number of amides is 1. The van der Waals surface area contributed by atoms with Crippen LogP contribution < -0.4 is 9.64 Å². The van der Waals surface area contributed by atoms with E-state index in [4.69, 9.17) is 4.74 Å². The van der Waals surface area contributed by atoms with Gasteiger partial charge in [-0.2, -0.15) is 0 Å². The molecule has 5 rings (SSSR count). The summed E-state index contributed by atoms with van der Waals surface area (Å²) in [4.78, 5) is 43.4. The van der Waals surface area contributed by atoms with E-state index in [0.717, 1.165) is 15.8 Å². The van der Waals surface area contributed by atoms with Gasteiger partial charge in [0.05, 0.1) is 33.9 Å². The molecular weight excluding hydrogens is 494 g/mol. The van der Waals surface area contributed by atoms with Crippen molar-refractivity contribution in [1.82, 2.24) is 4.98 Å². The molecule has 0 spiro atoms. The van der Waals surface area contributed by atoms with Crippen LogP contribution in [0.5, 0.6) is 5.75 Å². The van der Waals surface area contributed by atoms with Gasteiger partial charge in [-0.25, -0.2) is 4.98 Å². The number of anilines is 1. The number of benzene rings is 3. The molecule has 9 nitrogen and oxygen atoms in total. The maximum Gasteiger partial charge on any atom is 0.301 e. The van der Waals surface area contributed by atoms with Gasteiger partial charge in [0.1, 0.15) is 11.5 Å². The number of aryl methyl sites for hydroxylation is 2. The normalized spacial score (nSPS) is 16.9. The van der Waals surface area contributed by atoms with Gasteiger partial charge in [-0.1, -0.05) is 29.5 Å². The van der Waals surface area contributed by atoms with Gasteiger partial charge in [-0.05, 0) is 60.9 Å². The molecule has 0 bridgehead atoms. The Morgan fingerprint density at radius 1 is 1.11 bits per heavy atom. The highest BCUT2D eigenvalue weighted by molar-refractivity contribution is 7.22. The summed E-state index contributed by atoms with van der Waals surface area (Å²) in [6.45, 7) is 3.88. The highest BCUT2D eigenvalue weighted by atomic mass is 32.1. The first kappa shape index (κ1) is 24.1. The summed E-state index contributed by atoms with van der Waals surface area (Å²) < 4.78 is 6.09. The fraction of sp³-hybridized carbons (Fsp3) is 0.148. The van der Waals surface area contributed by atoms with Crippen LogP contribution in [0.1, 0.15) is 28.3 Å². The van der Waals surface area contributed by atoms with E-state index in [1.165, 1.54) is 47.6 Å². The second-order valence-electron chi connectivity index (χ2n) is 8.67. The van der Waals surface area contributed by atoms with Crippen LogP contribution in [-0.4, -0.2) is 33.8 Å². The van der Waals surface area contributed by atoms with Gasteiger partial charge < -0.3 is 9.84 Å². The summed E-state index contributed by atoms with van der Waals surface area (Å²) in [5.41, 5.74) is 3.10. The summed E-state index contributed by atoms with van der Waals surface area (Å²) in [5, 5.41) is 22.8. The number of carbonyl (C=O) groups is 2. The Morgan fingerprint density at radius 2 is 1.84 bits per heavy atom. The van der Waals surface area contributed by atoms with Crippen LogP contribution in [0.25, 0.3) is 16.0 Å². The molecule has 186 valence electrons. The molecule has 10 heteroatoms. The topological polar surface area (TPSA) is 123 Å². The Hall–Kier alpha value is -4.57. The Kier molecular flexibility index (Phi) is 5.96. The lowest BCUT2D eigenvalue weighted by molar-refractivity contribution is -0.384. The van der Waals surface area contributed by atoms with E-state index in [0.29, 0.717) is 27.5 Å². The summed E-state index contributed by atoms with van der Waals surface area (Å²) in [5.74, 6) is -1.64. The van der Waals surface area contributed by atoms with Crippen molar-refractivity contribution in [3.05, 3.63) is 98.6 Å². The van der Waals surface area contributed by atoms with Crippen LogP contribution in [-0.2, 0) is 9.59 Å². The van der Waals surface area contributed by atoms with Crippen molar-refractivity contribution in [2.24, 2.45) is 0 Å². The molecule has 1 fully saturated rings. The van der Waals surface area contributed by atoms with Crippen molar-refractivity contribution < 1.29 is 24.4 Å². The quantitative estimate of drug-likeness (QED) is 0.123. The number of ketones is 1. The maximum atomic E-state index is 13.4. The van der Waals surface area contributed by atoms with Crippen molar-refractivity contribution in [3.63, 3.8) is 0 Å². The lowest BCUT2D eigenvalue weighted by Crippen LogP contribution is -2.29. The van der Waals surface area contributed by atoms with Gasteiger partial charge in [-0.3, -0.25) is 24.6 Å². The molecule has 1 aromatic heterocycles. The number of aliphatic hydroxyl groups is 1. The predicted octanol–water partition coefficient (Wildman–Crippen LogP) is 5.46. The van der Waals surface area contributed by atoms with E-state index in [-0.39, 0.29) is 17.0 Å². The summed E-state index contributed by atoms with van der Waals surface area (Å²) in [7, 11) is 1.48. The van der Waals surface area contributed by atoms with Crippen LogP contribution in [0, 0.1) is 24.0 Å². The van der Waals surface area contributed by atoms with Crippen molar-refractivity contribution in [3.8, 4) is 5.75 Å². The number of carbonyl (C=O) groups excluding carboxylic acids is 2. The number of aromatic nitrogens is 1. The highest BCUT2D eigenvalue weighted by Crippen LogP contribution is 2.45.